The van der Waals surface area contributed by atoms with E-state index in [4.69, 9.17) is 9.72 Å². The fourth-order valence-electron chi connectivity index (χ4n) is 3.83. The molecule has 5 heteroatoms. The first-order valence-electron chi connectivity index (χ1n) is 7.80. The number of hydrogen-bond acceptors (Lipinski definition) is 4. The lowest BCUT2D eigenvalue weighted by molar-refractivity contribution is -0.151. The van der Waals surface area contributed by atoms with Crippen molar-refractivity contribution in [2.45, 2.75) is 12.8 Å². The van der Waals surface area contributed by atoms with Crippen LogP contribution in [0.5, 0.6) is 0 Å². The Kier molecular flexibility index (Phi) is 2.46. The Labute approximate surface area is 131 Å². The maximum absolute atomic E-state index is 12.8. The average molecular weight is 306 g/mol. The van der Waals surface area contributed by atoms with Crippen LogP contribution in [0.2, 0.25) is 0 Å². The van der Waals surface area contributed by atoms with E-state index < -0.39 is 0 Å². The molecule has 114 valence electrons. The van der Waals surface area contributed by atoms with Crippen LogP contribution in [0.1, 0.15) is 16.9 Å². The van der Waals surface area contributed by atoms with E-state index in [0.29, 0.717) is 12.8 Å². The second kappa shape index (κ2) is 4.41. The van der Waals surface area contributed by atoms with Gasteiger partial charge in [0, 0.05) is 23.4 Å². The van der Waals surface area contributed by atoms with Crippen molar-refractivity contribution >= 4 is 33.7 Å². The van der Waals surface area contributed by atoms with Crippen LogP contribution in [0.4, 0.5) is 0 Å². The minimum Gasteiger partial charge on any atom is -0.465 e. The average Bonchev–Trinajstić information content (AvgIpc) is 2.91. The molecule has 4 heterocycles. The van der Waals surface area contributed by atoms with Gasteiger partial charge < -0.3 is 4.74 Å². The van der Waals surface area contributed by atoms with Crippen molar-refractivity contribution in [1.82, 2.24) is 9.55 Å². The maximum atomic E-state index is 12.8. The monoisotopic (exact) mass is 306 g/mol. The van der Waals surface area contributed by atoms with E-state index in [2.05, 4.69) is 6.07 Å². The van der Waals surface area contributed by atoms with Gasteiger partial charge in [-0.15, -0.1) is 0 Å². The van der Waals surface area contributed by atoms with Crippen LogP contribution in [-0.2, 0) is 16.0 Å². The molecule has 5 rings (SSSR count). The highest BCUT2D eigenvalue weighted by Crippen LogP contribution is 2.36. The SMILES string of the molecule is O=C1CC2Cc3c4nc5ccccc5cc4cn3C(=O)C2CO1. The summed E-state index contributed by atoms with van der Waals surface area (Å²) in [6.45, 7) is 0.200. The van der Waals surface area contributed by atoms with Crippen molar-refractivity contribution in [1.29, 1.82) is 0 Å². The highest BCUT2D eigenvalue weighted by Gasteiger charge is 2.41. The maximum Gasteiger partial charge on any atom is 0.306 e. The van der Waals surface area contributed by atoms with E-state index in [1.54, 1.807) is 4.57 Å². The summed E-state index contributed by atoms with van der Waals surface area (Å²) < 4.78 is 6.80. The summed E-state index contributed by atoms with van der Waals surface area (Å²) in [5, 5.41) is 2.03. The number of benzene rings is 1. The summed E-state index contributed by atoms with van der Waals surface area (Å²) in [6.07, 6.45) is 2.89. The summed E-state index contributed by atoms with van der Waals surface area (Å²) >= 11 is 0. The van der Waals surface area contributed by atoms with Crippen molar-refractivity contribution in [3.05, 3.63) is 42.2 Å². The van der Waals surface area contributed by atoms with Gasteiger partial charge in [-0.1, -0.05) is 18.2 Å². The molecule has 2 atom stereocenters. The zero-order valence-corrected chi connectivity index (χ0v) is 12.4. The number of carbonyl (C=O) groups excluding carboxylic acids is 2. The Bertz CT molecular complexity index is 989. The van der Waals surface area contributed by atoms with Crippen molar-refractivity contribution in [2.75, 3.05) is 6.61 Å². The molecule has 2 aromatic heterocycles. The minimum atomic E-state index is -0.226. The molecule has 23 heavy (non-hydrogen) atoms. The number of cyclic esters (lactones) is 1. The van der Waals surface area contributed by atoms with Crippen LogP contribution in [0.3, 0.4) is 0 Å². The second-order valence-corrected chi connectivity index (χ2v) is 6.36. The summed E-state index contributed by atoms with van der Waals surface area (Å²) in [5.74, 6) is -0.383. The topological polar surface area (TPSA) is 61.2 Å². The first-order chi connectivity index (χ1) is 11.2. The van der Waals surface area contributed by atoms with E-state index >= 15 is 0 Å². The molecule has 0 saturated carbocycles. The van der Waals surface area contributed by atoms with Gasteiger partial charge in [-0.25, -0.2) is 4.98 Å². The molecule has 1 fully saturated rings. The molecule has 0 radical (unpaired) electrons. The third kappa shape index (κ3) is 1.76. The normalized spacial score (nSPS) is 23.7. The Hall–Kier alpha value is -2.69. The highest BCUT2D eigenvalue weighted by atomic mass is 16.5. The molecule has 2 unspecified atom stereocenters. The van der Waals surface area contributed by atoms with Gasteiger partial charge in [0.2, 0.25) is 5.91 Å². The Morgan fingerprint density at radius 2 is 2.00 bits per heavy atom. The number of carbonyl (C=O) groups is 2. The fourth-order valence-corrected chi connectivity index (χ4v) is 3.83. The molecule has 0 spiro atoms. The van der Waals surface area contributed by atoms with E-state index in [0.717, 1.165) is 27.5 Å². The Morgan fingerprint density at radius 1 is 1.13 bits per heavy atom. The predicted octanol–water partition coefficient (Wildman–Crippen LogP) is 2.57. The van der Waals surface area contributed by atoms with Gasteiger partial charge in [0.25, 0.3) is 0 Å². The molecular formula is C18H14N2O3. The van der Waals surface area contributed by atoms with E-state index in [-0.39, 0.29) is 30.3 Å². The second-order valence-electron chi connectivity index (χ2n) is 6.36. The molecule has 2 aliphatic rings. The number of hydrogen-bond donors (Lipinski definition) is 0. The lowest BCUT2D eigenvalue weighted by Crippen LogP contribution is -2.43. The summed E-state index contributed by atoms with van der Waals surface area (Å²) in [5.41, 5.74) is 2.72. The molecule has 5 nitrogen and oxygen atoms in total. The van der Waals surface area contributed by atoms with Gasteiger partial charge in [-0.3, -0.25) is 14.2 Å². The predicted molar refractivity (Wildman–Crippen MR) is 84.1 cm³/mol. The van der Waals surface area contributed by atoms with Crippen molar-refractivity contribution in [2.24, 2.45) is 11.8 Å². The number of ether oxygens (including phenoxy) is 1. The molecule has 2 aliphatic heterocycles. The zero-order chi connectivity index (χ0) is 15.6. The van der Waals surface area contributed by atoms with Crippen molar-refractivity contribution in [3.8, 4) is 0 Å². The van der Waals surface area contributed by atoms with Gasteiger partial charge >= 0.3 is 5.97 Å². The zero-order valence-electron chi connectivity index (χ0n) is 12.4. The lowest BCUT2D eigenvalue weighted by Gasteiger charge is -2.33. The van der Waals surface area contributed by atoms with E-state index in [1.165, 1.54) is 0 Å². The number of para-hydroxylation sites is 1. The van der Waals surface area contributed by atoms with Crippen LogP contribution >= 0.6 is 0 Å². The molecular weight excluding hydrogens is 292 g/mol. The number of pyridine rings is 1. The van der Waals surface area contributed by atoms with Gasteiger partial charge in [0.15, 0.2) is 0 Å². The van der Waals surface area contributed by atoms with Gasteiger partial charge in [-0.05, 0) is 24.5 Å². The number of aromatic nitrogens is 2. The molecule has 0 N–H and O–H groups in total. The van der Waals surface area contributed by atoms with Gasteiger partial charge in [-0.2, -0.15) is 0 Å². The van der Waals surface area contributed by atoms with Crippen LogP contribution in [0, 0.1) is 11.8 Å². The van der Waals surface area contributed by atoms with Crippen LogP contribution in [0.15, 0.2) is 36.5 Å². The molecule has 0 amide bonds. The fraction of sp³-hybridized carbons (Fsp3) is 0.278. The molecule has 0 aliphatic carbocycles. The van der Waals surface area contributed by atoms with Gasteiger partial charge in [0.1, 0.15) is 6.61 Å². The summed E-state index contributed by atoms with van der Waals surface area (Å²) in [6, 6.07) is 10.0. The smallest absolute Gasteiger partial charge is 0.306 e. The molecule has 0 bridgehead atoms. The first kappa shape index (κ1) is 12.8. The summed E-state index contributed by atoms with van der Waals surface area (Å²) in [4.78, 5) is 29.1. The number of fused-ring (bicyclic) bond motifs is 5. The van der Waals surface area contributed by atoms with Gasteiger partial charge in [0.05, 0.1) is 22.6 Å². The molecule has 1 saturated heterocycles. The molecule has 3 aromatic rings. The van der Waals surface area contributed by atoms with Crippen LogP contribution in [-0.4, -0.2) is 28.0 Å². The number of nitrogens with zero attached hydrogens (tertiary/aromatic N) is 2. The van der Waals surface area contributed by atoms with Crippen molar-refractivity contribution < 1.29 is 14.3 Å². The van der Waals surface area contributed by atoms with Crippen LogP contribution < -0.4 is 0 Å². The lowest BCUT2D eigenvalue weighted by atomic mass is 9.81. The Morgan fingerprint density at radius 3 is 2.91 bits per heavy atom. The summed E-state index contributed by atoms with van der Waals surface area (Å²) in [7, 11) is 0. The van der Waals surface area contributed by atoms with Crippen molar-refractivity contribution in [3.63, 3.8) is 0 Å². The first-order valence-corrected chi connectivity index (χ1v) is 7.80. The van der Waals surface area contributed by atoms with E-state index in [1.807, 2.05) is 30.5 Å². The standard InChI is InChI=1S/C18H14N2O3/c21-16-7-11-6-15-17-12(5-10-3-1-2-4-14(10)19-17)8-20(15)18(22)13(11)9-23-16/h1-5,8,11,13H,6-7,9H2. The highest BCUT2D eigenvalue weighted by molar-refractivity contribution is 5.98. The van der Waals surface area contributed by atoms with E-state index in [9.17, 15) is 9.59 Å². The largest absolute Gasteiger partial charge is 0.465 e. The number of esters is 1. The Balaban J connectivity index is 1.73. The third-order valence-corrected chi connectivity index (χ3v) is 5.02. The van der Waals surface area contributed by atoms with Crippen LogP contribution in [0.25, 0.3) is 21.8 Å². The number of rotatable bonds is 0. The quantitative estimate of drug-likeness (QED) is 0.599. The minimum absolute atomic E-state index is 0.0193. The third-order valence-electron chi connectivity index (χ3n) is 5.02. The molecule has 1 aromatic carbocycles.